The van der Waals surface area contributed by atoms with Gasteiger partial charge < -0.3 is 15.5 Å². The summed E-state index contributed by atoms with van der Waals surface area (Å²) in [6.07, 6.45) is 5.04. The molecule has 0 saturated carbocycles. The number of hydrogen-bond acceptors (Lipinski definition) is 4. The van der Waals surface area contributed by atoms with Crippen LogP contribution in [0.15, 0.2) is 24.3 Å². The molecule has 2 aliphatic heterocycles. The van der Waals surface area contributed by atoms with Gasteiger partial charge in [-0.25, -0.2) is 0 Å². The molecule has 2 saturated heterocycles. The van der Waals surface area contributed by atoms with E-state index in [0.717, 1.165) is 62.7 Å². The van der Waals surface area contributed by atoms with Crippen LogP contribution < -0.4 is 15.5 Å². The maximum absolute atomic E-state index is 12.7. The van der Waals surface area contributed by atoms with E-state index in [-0.39, 0.29) is 30.3 Å². The van der Waals surface area contributed by atoms with Crippen molar-refractivity contribution >= 4 is 35.6 Å². The first-order chi connectivity index (χ1) is 13.1. The molecule has 2 aliphatic rings. The summed E-state index contributed by atoms with van der Waals surface area (Å²) in [4.78, 5) is 28.7. The molecule has 0 aliphatic carbocycles. The first-order valence-electron chi connectivity index (χ1n) is 10.2. The molecule has 1 aromatic rings. The maximum Gasteiger partial charge on any atom is 0.241 e. The number of nitrogens with one attached hydrogen (secondary N) is 2. The van der Waals surface area contributed by atoms with Gasteiger partial charge in [0.2, 0.25) is 11.8 Å². The van der Waals surface area contributed by atoms with Crippen molar-refractivity contribution in [3.8, 4) is 0 Å². The molecular weight excluding hydrogens is 376 g/mol. The molecule has 1 aromatic carbocycles. The Balaban J connectivity index is 0.00000280. The molecule has 2 fully saturated rings. The standard InChI is InChI=1S/C21H32N4O2.ClH/c1-16(24-13-9-17(10-14-24)8-11-22-2)21(27)23-18-5-3-6-19(15-18)25-12-4-7-20(25)26;/h3,5-6,15-17,22H,4,7-14H2,1-2H3,(H,23,27);1H. The number of rotatable bonds is 7. The third-order valence-corrected chi connectivity index (χ3v) is 5.88. The van der Waals surface area contributed by atoms with Gasteiger partial charge in [0.15, 0.2) is 0 Å². The highest BCUT2D eigenvalue weighted by atomic mass is 35.5. The summed E-state index contributed by atoms with van der Waals surface area (Å²) in [6.45, 7) is 5.76. The highest BCUT2D eigenvalue weighted by Crippen LogP contribution is 2.25. The van der Waals surface area contributed by atoms with Crippen molar-refractivity contribution in [3.05, 3.63) is 24.3 Å². The maximum atomic E-state index is 12.7. The Morgan fingerprint density at radius 1 is 1.25 bits per heavy atom. The van der Waals surface area contributed by atoms with E-state index in [1.54, 1.807) is 4.90 Å². The summed E-state index contributed by atoms with van der Waals surface area (Å²) in [5.41, 5.74) is 1.63. The Kier molecular flexibility index (Phi) is 8.73. The number of hydrogen-bond donors (Lipinski definition) is 2. The van der Waals surface area contributed by atoms with Crippen molar-refractivity contribution < 1.29 is 9.59 Å². The minimum absolute atomic E-state index is 0. The van der Waals surface area contributed by atoms with E-state index in [0.29, 0.717) is 6.42 Å². The van der Waals surface area contributed by atoms with Crippen molar-refractivity contribution in [1.82, 2.24) is 10.2 Å². The van der Waals surface area contributed by atoms with E-state index in [1.807, 2.05) is 38.2 Å². The number of nitrogens with zero attached hydrogens (tertiary/aromatic N) is 2. The lowest BCUT2D eigenvalue weighted by Crippen LogP contribution is -2.46. The predicted molar refractivity (Wildman–Crippen MR) is 116 cm³/mol. The zero-order valence-electron chi connectivity index (χ0n) is 16.9. The van der Waals surface area contributed by atoms with Gasteiger partial charge in [-0.2, -0.15) is 0 Å². The summed E-state index contributed by atoms with van der Waals surface area (Å²) in [5, 5.41) is 6.25. The highest BCUT2D eigenvalue weighted by Gasteiger charge is 2.27. The molecule has 156 valence electrons. The molecule has 7 heteroatoms. The van der Waals surface area contributed by atoms with Gasteiger partial charge in [-0.3, -0.25) is 14.5 Å². The van der Waals surface area contributed by atoms with Gasteiger partial charge >= 0.3 is 0 Å². The average Bonchev–Trinajstić information content (AvgIpc) is 3.12. The van der Waals surface area contributed by atoms with E-state index in [9.17, 15) is 9.59 Å². The van der Waals surface area contributed by atoms with Gasteiger partial charge in [-0.1, -0.05) is 6.07 Å². The lowest BCUT2D eigenvalue weighted by molar-refractivity contribution is -0.121. The third-order valence-electron chi connectivity index (χ3n) is 5.88. The van der Waals surface area contributed by atoms with Crippen molar-refractivity contribution in [2.45, 2.75) is 45.1 Å². The molecule has 28 heavy (non-hydrogen) atoms. The largest absolute Gasteiger partial charge is 0.325 e. The second-order valence-corrected chi connectivity index (χ2v) is 7.74. The quantitative estimate of drug-likeness (QED) is 0.728. The fourth-order valence-electron chi connectivity index (χ4n) is 4.06. The topological polar surface area (TPSA) is 64.7 Å². The molecule has 0 aromatic heterocycles. The normalized spacial score (nSPS) is 19.4. The third kappa shape index (κ3) is 5.69. The number of carbonyl (C=O) groups is 2. The van der Waals surface area contributed by atoms with Crippen molar-refractivity contribution in [3.63, 3.8) is 0 Å². The van der Waals surface area contributed by atoms with Crippen LogP contribution in [0, 0.1) is 5.92 Å². The van der Waals surface area contributed by atoms with E-state index >= 15 is 0 Å². The summed E-state index contributed by atoms with van der Waals surface area (Å²) in [6, 6.07) is 7.47. The zero-order valence-corrected chi connectivity index (χ0v) is 17.8. The van der Waals surface area contributed by atoms with Crippen LogP contribution in [0.25, 0.3) is 0 Å². The predicted octanol–water partition coefficient (Wildman–Crippen LogP) is 2.88. The van der Waals surface area contributed by atoms with Crippen molar-refractivity contribution in [2.24, 2.45) is 5.92 Å². The van der Waals surface area contributed by atoms with Crippen LogP contribution in [0.3, 0.4) is 0 Å². The van der Waals surface area contributed by atoms with Gasteiger partial charge in [0.1, 0.15) is 0 Å². The fraction of sp³-hybridized carbons (Fsp3) is 0.619. The average molecular weight is 409 g/mol. The van der Waals surface area contributed by atoms with E-state index in [2.05, 4.69) is 15.5 Å². The number of halogens is 1. The first kappa shape index (κ1) is 22.7. The SMILES string of the molecule is CNCCC1CCN(C(C)C(=O)Nc2cccc(N3CCCC3=O)c2)CC1.Cl. The molecule has 0 radical (unpaired) electrons. The van der Waals surface area contributed by atoms with Crippen molar-refractivity contribution in [1.29, 1.82) is 0 Å². The number of amides is 2. The second-order valence-electron chi connectivity index (χ2n) is 7.74. The number of anilines is 2. The van der Waals surface area contributed by atoms with E-state index in [1.165, 1.54) is 6.42 Å². The fourth-order valence-corrected chi connectivity index (χ4v) is 4.06. The van der Waals surface area contributed by atoms with Gasteiger partial charge in [-0.05, 0) is 83.4 Å². The molecule has 2 heterocycles. The van der Waals surface area contributed by atoms with Gasteiger partial charge in [0.05, 0.1) is 6.04 Å². The van der Waals surface area contributed by atoms with Crippen LogP contribution in [0.1, 0.15) is 39.0 Å². The summed E-state index contributed by atoms with van der Waals surface area (Å²) < 4.78 is 0. The molecule has 6 nitrogen and oxygen atoms in total. The van der Waals surface area contributed by atoms with Crippen LogP contribution in [-0.2, 0) is 9.59 Å². The van der Waals surface area contributed by atoms with Crippen LogP contribution in [-0.4, -0.2) is 56.0 Å². The van der Waals surface area contributed by atoms with Crippen LogP contribution >= 0.6 is 12.4 Å². The minimum Gasteiger partial charge on any atom is -0.325 e. The summed E-state index contributed by atoms with van der Waals surface area (Å²) in [7, 11) is 2.00. The molecule has 0 spiro atoms. The molecule has 1 atom stereocenters. The Morgan fingerprint density at radius 2 is 2.00 bits per heavy atom. The Hall–Kier alpha value is -1.63. The van der Waals surface area contributed by atoms with E-state index in [4.69, 9.17) is 0 Å². The molecular formula is C21H33ClN4O2. The number of likely N-dealkylation sites (tertiary alicyclic amines) is 1. The first-order valence-corrected chi connectivity index (χ1v) is 10.2. The van der Waals surface area contributed by atoms with Gasteiger partial charge in [-0.15, -0.1) is 12.4 Å². The Bertz CT molecular complexity index is 662. The summed E-state index contributed by atoms with van der Waals surface area (Å²) >= 11 is 0. The number of carbonyl (C=O) groups excluding carboxylic acids is 2. The second kappa shape index (κ2) is 10.8. The smallest absolute Gasteiger partial charge is 0.241 e. The van der Waals surface area contributed by atoms with Crippen LogP contribution in [0.2, 0.25) is 0 Å². The van der Waals surface area contributed by atoms with E-state index < -0.39 is 0 Å². The summed E-state index contributed by atoms with van der Waals surface area (Å²) in [5.74, 6) is 0.945. The van der Waals surface area contributed by atoms with Crippen molar-refractivity contribution in [2.75, 3.05) is 43.4 Å². The Labute approximate surface area is 174 Å². The lowest BCUT2D eigenvalue weighted by Gasteiger charge is -2.35. The Morgan fingerprint density at radius 3 is 2.64 bits per heavy atom. The number of piperidine rings is 1. The molecule has 3 rings (SSSR count). The zero-order chi connectivity index (χ0) is 19.2. The molecule has 0 bridgehead atoms. The van der Waals surface area contributed by atoms with Crippen LogP contribution in [0.4, 0.5) is 11.4 Å². The highest BCUT2D eigenvalue weighted by molar-refractivity contribution is 5.98. The number of benzene rings is 1. The van der Waals surface area contributed by atoms with Gasteiger partial charge in [0.25, 0.3) is 0 Å². The molecule has 1 unspecified atom stereocenters. The lowest BCUT2D eigenvalue weighted by atomic mass is 9.93. The molecule has 2 N–H and O–H groups in total. The monoisotopic (exact) mass is 408 g/mol. The van der Waals surface area contributed by atoms with Crippen LogP contribution in [0.5, 0.6) is 0 Å². The minimum atomic E-state index is -0.146. The molecule has 2 amide bonds. The van der Waals surface area contributed by atoms with Gasteiger partial charge in [0, 0.05) is 24.3 Å².